The molecule has 1 aliphatic rings. The van der Waals surface area contributed by atoms with Crippen LogP contribution in [-0.4, -0.2) is 17.8 Å². The molecule has 0 amide bonds. The highest BCUT2D eigenvalue weighted by molar-refractivity contribution is 6.03. The smallest absolute Gasteiger partial charge is 0.149 e. The minimum atomic E-state index is 0.396. The number of amidine groups is 1. The Kier molecular flexibility index (Phi) is 4.52. The van der Waals surface area contributed by atoms with Crippen molar-refractivity contribution < 1.29 is 4.74 Å². The van der Waals surface area contributed by atoms with Gasteiger partial charge < -0.3 is 21.1 Å². The Morgan fingerprint density at radius 3 is 2.67 bits per heavy atom. The van der Waals surface area contributed by atoms with Crippen LogP contribution in [0.15, 0.2) is 77.7 Å². The van der Waals surface area contributed by atoms with Crippen molar-refractivity contribution in [2.24, 2.45) is 16.5 Å². The third kappa shape index (κ3) is 3.41. The number of ether oxygens (including phenoxy) is 1. The first-order chi connectivity index (χ1) is 11.6. The highest BCUT2D eigenvalue weighted by Crippen LogP contribution is 2.23. The normalized spacial score (nSPS) is 15.9. The fraction of sp³-hybridized carbons (Fsp3) is 0.105. The van der Waals surface area contributed by atoms with Crippen LogP contribution in [0.4, 0.5) is 0 Å². The van der Waals surface area contributed by atoms with Gasteiger partial charge in [-0.15, -0.1) is 0 Å². The molecule has 122 valence electrons. The molecule has 0 bridgehead atoms. The summed E-state index contributed by atoms with van der Waals surface area (Å²) in [5.74, 6) is 1.15. The summed E-state index contributed by atoms with van der Waals surface area (Å²) in [6.07, 6.45) is 3.46. The van der Waals surface area contributed by atoms with Gasteiger partial charge in [0.05, 0.1) is 5.70 Å². The minimum Gasteiger partial charge on any atom is -0.489 e. The van der Waals surface area contributed by atoms with Crippen molar-refractivity contribution in [1.82, 2.24) is 4.90 Å². The molecule has 0 atom stereocenters. The van der Waals surface area contributed by atoms with Crippen molar-refractivity contribution in [1.29, 1.82) is 0 Å². The van der Waals surface area contributed by atoms with E-state index in [0.29, 0.717) is 23.8 Å². The van der Waals surface area contributed by atoms with E-state index in [9.17, 15) is 0 Å². The summed E-state index contributed by atoms with van der Waals surface area (Å²) >= 11 is 0. The minimum absolute atomic E-state index is 0.396. The lowest BCUT2D eigenvalue weighted by Crippen LogP contribution is -2.30. The molecule has 0 unspecified atom stereocenters. The van der Waals surface area contributed by atoms with Crippen LogP contribution >= 0.6 is 0 Å². The van der Waals surface area contributed by atoms with Gasteiger partial charge >= 0.3 is 0 Å². The van der Waals surface area contributed by atoms with Gasteiger partial charge in [-0.05, 0) is 17.7 Å². The average molecular weight is 320 g/mol. The maximum atomic E-state index is 6.31. The molecule has 0 saturated heterocycles. The Bertz CT molecular complexity index is 809. The molecule has 2 aromatic carbocycles. The molecule has 5 nitrogen and oxygen atoms in total. The molecule has 0 radical (unpaired) electrons. The van der Waals surface area contributed by atoms with E-state index in [1.165, 1.54) is 0 Å². The second-order valence-electron chi connectivity index (χ2n) is 5.49. The van der Waals surface area contributed by atoms with E-state index >= 15 is 0 Å². The molecule has 2 aromatic rings. The van der Waals surface area contributed by atoms with Crippen LogP contribution in [0.3, 0.4) is 0 Å². The number of hydrogen-bond acceptors (Lipinski definition) is 5. The van der Waals surface area contributed by atoms with Crippen LogP contribution in [0.1, 0.15) is 11.1 Å². The largest absolute Gasteiger partial charge is 0.489 e. The second kappa shape index (κ2) is 6.91. The molecule has 1 aliphatic heterocycles. The molecule has 0 fully saturated rings. The molecule has 3 rings (SSSR count). The van der Waals surface area contributed by atoms with Gasteiger partial charge in [-0.25, -0.2) is 4.99 Å². The standard InChI is InChI=1S/C19H20N4O/c1-23-11-10-22-19(21)18(23)17(20)15-8-5-9-16(12-15)24-13-14-6-3-2-4-7-14/h2-12H,13,20H2,1H3,(H2,21,22)/b18-17-. The van der Waals surface area contributed by atoms with Gasteiger partial charge in [-0.1, -0.05) is 42.5 Å². The number of benzene rings is 2. The fourth-order valence-electron chi connectivity index (χ4n) is 2.49. The van der Waals surface area contributed by atoms with Gasteiger partial charge in [0.2, 0.25) is 0 Å². The third-order valence-corrected chi connectivity index (χ3v) is 3.75. The molecule has 5 heteroatoms. The van der Waals surface area contributed by atoms with Crippen molar-refractivity contribution in [2.75, 3.05) is 7.05 Å². The number of aliphatic imine (C=N–C) groups is 1. The predicted octanol–water partition coefficient (Wildman–Crippen LogP) is 2.67. The van der Waals surface area contributed by atoms with Crippen molar-refractivity contribution in [3.8, 4) is 5.75 Å². The summed E-state index contributed by atoms with van der Waals surface area (Å²) in [4.78, 5) is 5.97. The average Bonchev–Trinajstić information content (AvgIpc) is 2.61. The van der Waals surface area contributed by atoms with Crippen molar-refractivity contribution in [3.63, 3.8) is 0 Å². The second-order valence-corrected chi connectivity index (χ2v) is 5.49. The lowest BCUT2D eigenvalue weighted by Gasteiger charge is -2.23. The van der Waals surface area contributed by atoms with Crippen molar-refractivity contribution in [3.05, 3.63) is 83.8 Å². The summed E-state index contributed by atoms with van der Waals surface area (Å²) in [5.41, 5.74) is 15.5. The Morgan fingerprint density at radius 1 is 1.12 bits per heavy atom. The molecule has 0 aliphatic carbocycles. The maximum Gasteiger partial charge on any atom is 0.149 e. The molecule has 4 N–H and O–H groups in total. The van der Waals surface area contributed by atoms with E-state index in [1.54, 1.807) is 6.20 Å². The first-order valence-corrected chi connectivity index (χ1v) is 7.65. The first-order valence-electron chi connectivity index (χ1n) is 7.65. The van der Waals surface area contributed by atoms with Crippen LogP contribution in [-0.2, 0) is 6.61 Å². The monoisotopic (exact) mass is 320 g/mol. The van der Waals surface area contributed by atoms with Gasteiger partial charge in [0, 0.05) is 25.0 Å². The Balaban J connectivity index is 1.82. The highest BCUT2D eigenvalue weighted by Gasteiger charge is 2.16. The quantitative estimate of drug-likeness (QED) is 0.908. The molecule has 24 heavy (non-hydrogen) atoms. The molecular weight excluding hydrogens is 300 g/mol. The Labute approximate surface area is 141 Å². The Hall–Kier alpha value is -3.21. The summed E-state index contributed by atoms with van der Waals surface area (Å²) in [6, 6.07) is 17.7. The van der Waals surface area contributed by atoms with Crippen LogP contribution in [0.25, 0.3) is 5.70 Å². The number of nitrogens with two attached hydrogens (primary N) is 2. The van der Waals surface area contributed by atoms with E-state index in [-0.39, 0.29) is 0 Å². The topological polar surface area (TPSA) is 76.9 Å². The van der Waals surface area contributed by atoms with E-state index in [0.717, 1.165) is 16.9 Å². The summed E-state index contributed by atoms with van der Waals surface area (Å²) in [5, 5.41) is 0. The van der Waals surface area contributed by atoms with Crippen LogP contribution < -0.4 is 16.2 Å². The van der Waals surface area contributed by atoms with Crippen molar-refractivity contribution >= 4 is 11.5 Å². The van der Waals surface area contributed by atoms with E-state index in [4.69, 9.17) is 16.2 Å². The van der Waals surface area contributed by atoms with Crippen LogP contribution in [0.5, 0.6) is 5.75 Å². The molecule has 0 saturated carbocycles. The van der Waals surface area contributed by atoms with Crippen LogP contribution in [0.2, 0.25) is 0 Å². The number of nitrogens with zero attached hydrogens (tertiary/aromatic N) is 2. The first kappa shape index (κ1) is 15.7. The van der Waals surface area contributed by atoms with Gasteiger partial charge in [0.15, 0.2) is 0 Å². The molecule has 0 aromatic heterocycles. The zero-order valence-electron chi connectivity index (χ0n) is 13.5. The SMILES string of the molecule is CN1C=CN=C(N)/C1=C(/N)c1cccc(OCc2ccccc2)c1. The Morgan fingerprint density at radius 2 is 1.92 bits per heavy atom. The number of rotatable bonds is 4. The number of likely N-dealkylation sites (N-methyl/N-ethyl adjacent to an activating group) is 1. The summed E-state index contributed by atoms with van der Waals surface area (Å²) in [7, 11) is 1.88. The van der Waals surface area contributed by atoms with E-state index in [2.05, 4.69) is 4.99 Å². The highest BCUT2D eigenvalue weighted by atomic mass is 16.5. The lowest BCUT2D eigenvalue weighted by atomic mass is 10.1. The predicted molar refractivity (Wildman–Crippen MR) is 96.8 cm³/mol. The van der Waals surface area contributed by atoms with Gasteiger partial charge in [-0.3, -0.25) is 0 Å². The fourth-order valence-corrected chi connectivity index (χ4v) is 2.49. The summed E-state index contributed by atoms with van der Waals surface area (Å²) in [6.45, 7) is 0.507. The zero-order valence-corrected chi connectivity index (χ0v) is 13.5. The maximum absolute atomic E-state index is 6.31. The number of hydrogen-bond donors (Lipinski definition) is 2. The van der Waals surface area contributed by atoms with Gasteiger partial charge in [0.25, 0.3) is 0 Å². The molecular formula is C19H20N4O. The van der Waals surface area contributed by atoms with E-state index < -0.39 is 0 Å². The van der Waals surface area contributed by atoms with Gasteiger partial charge in [-0.2, -0.15) is 0 Å². The van der Waals surface area contributed by atoms with Crippen LogP contribution in [0, 0.1) is 0 Å². The summed E-state index contributed by atoms with van der Waals surface area (Å²) < 4.78 is 5.86. The molecule has 0 spiro atoms. The van der Waals surface area contributed by atoms with E-state index in [1.807, 2.05) is 72.7 Å². The lowest BCUT2D eigenvalue weighted by molar-refractivity contribution is 0.306. The zero-order chi connectivity index (χ0) is 16.9. The van der Waals surface area contributed by atoms with Gasteiger partial charge in [0.1, 0.15) is 23.9 Å². The molecule has 1 heterocycles. The third-order valence-electron chi connectivity index (χ3n) is 3.75. The van der Waals surface area contributed by atoms with Crippen molar-refractivity contribution in [2.45, 2.75) is 6.61 Å².